The molecule has 40 heavy (non-hydrogen) atoms. The summed E-state index contributed by atoms with van der Waals surface area (Å²) < 4.78 is -0.832. The van der Waals surface area contributed by atoms with Gasteiger partial charge in [-0.25, -0.2) is 0 Å². The Morgan fingerprint density at radius 3 is 2.52 bits per heavy atom. The third-order valence-corrected chi connectivity index (χ3v) is 11.9. The van der Waals surface area contributed by atoms with Crippen molar-refractivity contribution in [1.82, 2.24) is 9.80 Å². The van der Waals surface area contributed by atoms with Crippen molar-refractivity contribution in [1.29, 1.82) is 0 Å². The summed E-state index contributed by atoms with van der Waals surface area (Å²) in [5, 5.41) is 10.8. The normalized spacial score (nSPS) is 29.4. The predicted octanol–water partition coefficient (Wildman–Crippen LogP) is 4.68. The average Bonchev–Trinajstić information content (AvgIpc) is 3.49. The largest absolute Gasteiger partial charge is 0.394 e. The first-order valence-electron chi connectivity index (χ1n) is 13.7. The van der Waals surface area contributed by atoms with E-state index in [0.29, 0.717) is 30.1 Å². The number of hydrogen-bond acceptors (Lipinski definition) is 5. The Morgan fingerprint density at radius 2 is 1.95 bits per heavy atom. The second-order valence-electron chi connectivity index (χ2n) is 11.5. The highest BCUT2D eigenvalue weighted by Crippen LogP contribution is 2.68. The van der Waals surface area contributed by atoms with Gasteiger partial charge in [0.25, 0.3) is 5.91 Å². The number of aliphatic hydroxyl groups excluding tert-OH is 1. The second-order valence-corrected chi connectivity index (χ2v) is 14.6. The summed E-state index contributed by atoms with van der Waals surface area (Å²) >= 11 is 12.1. The number of aryl methyl sites for hydroxylation is 1. The number of anilines is 1. The molecule has 0 aliphatic carbocycles. The van der Waals surface area contributed by atoms with Gasteiger partial charge in [-0.2, -0.15) is 0 Å². The predicted molar refractivity (Wildman–Crippen MR) is 166 cm³/mol. The minimum absolute atomic E-state index is 0.0459. The average molecular weight is 653 g/mol. The standard InChI is InChI=1S/C30H39BrClN3O4S/c1-7-12-33(6)27(37)22-23-28(38)35(19(16-36)14-17(3)4)26(30(23)15-20(31)25(22)40-30)29(39)34(13-8-2)24-18(5)10-9-11-21(24)32/h7-11,17,19-20,22-23,25-26,36H,1-2,12-16H2,3-6H3/t19-,20?,22-,23+,25-,26?,30?/m1/s1. The van der Waals surface area contributed by atoms with Crippen molar-refractivity contribution in [2.24, 2.45) is 17.8 Å². The molecule has 0 radical (unpaired) electrons. The summed E-state index contributed by atoms with van der Waals surface area (Å²) in [5.41, 5.74) is 1.41. The van der Waals surface area contributed by atoms with Crippen LogP contribution in [-0.2, 0) is 14.4 Å². The third-order valence-electron chi connectivity index (χ3n) is 8.41. The number of hydrogen-bond donors (Lipinski definition) is 1. The lowest BCUT2D eigenvalue weighted by Crippen LogP contribution is -2.58. The molecule has 3 amide bonds. The van der Waals surface area contributed by atoms with Crippen molar-refractivity contribution in [2.45, 2.75) is 60.5 Å². The molecule has 3 saturated heterocycles. The lowest BCUT2D eigenvalue weighted by atomic mass is 9.70. The van der Waals surface area contributed by atoms with E-state index in [9.17, 15) is 19.5 Å². The zero-order valence-corrected chi connectivity index (χ0v) is 26.7. The van der Waals surface area contributed by atoms with E-state index < -0.39 is 28.7 Å². The zero-order valence-electron chi connectivity index (χ0n) is 23.6. The molecular weight excluding hydrogens is 614 g/mol. The molecular formula is C30H39BrClN3O4S. The number of halogens is 2. The first-order valence-corrected chi connectivity index (χ1v) is 15.9. The maximum absolute atomic E-state index is 14.9. The van der Waals surface area contributed by atoms with Gasteiger partial charge in [0.15, 0.2) is 0 Å². The van der Waals surface area contributed by atoms with Crippen LogP contribution in [-0.4, -0.2) is 86.3 Å². The Bertz CT molecular complexity index is 1180. The van der Waals surface area contributed by atoms with E-state index in [4.69, 9.17) is 11.6 Å². The van der Waals surface area contributed by atoms with Gasteiger partial charge >= 0.3 is 0 Å². The van der Waals surface area contributed by atoms with Crippen LogP contribution >= 0.6 is 39.3 Å². The Kier molecular flexibility index (Phi) is 9.49. The van der Waals surface area contributed by atoms with Crippen molar-refractivity contribution in [2.75, 3.05) is 31.6 Å². The number of thioether (sulfide) groups is 1. The fourth-order valence-electron chi connectivity index (χ4n) is 6.91. The Morgan fingerprint density at radius 1 is 1.27 bits per heavy atom. The molecule has 2 bridgehead atoms. The Balaban J connectivity index is 1.89. The van der Waals surface area contributed by atoms with Gasteiger partial charge in [-0.1, -0.05) is 65.7 Å². The molecule has 3 unspecified atom stereocenters. The molecule has 4 rings (SSSR count). The maximum atomic E-state index is 14.9. The van der Waals surface area contributed by atoms with Gasteiger partial charge < -0.3 is 19.8 Å². The van der Waals surface area contributed by atoms with Crippen molar-refractivity contribution in [3.8, 4) is 0 Å². The molecule has 7 nitrogen and oxygen atoms in total. The number of likely N-dealkylation sites (N-methyl/N-ethyl adjacent to an activating group) is 1. The first-order chi connectivity index (χ1) is 18.9. The molecule has 3 heterocycles. The fourth-order valence-corrected chi connectivity index (χ4v) is 10.8. The van der Waals surface area contributed by atoms with Crippen LogP contribution in [0.3, 0.4) is 0 Å². The number of likely N-dealkylation sites (tertiary alicyclic amines) is 1. The van der Waals surface area contributed by atoms with E-state index >= 15 is 0 Å². The van der Waals surface area contributed by atoms with E-state index in [1.54, 1.807) is 51.7 Å². The van der Waals surface area contributed by atoms with Crippen LogP contribution in [0.25, 0.3) is 0 Å². The highest BCUT2D eigenvalue weighted by Gasteiger charge is 2.76. The highest BCUT2D eigenvalue weighted by atomic mass is 79.9. The quantitative estimate of drug-likeness (QED) is 0.277. The number of alkyl halides is 1. The number of fused-ring (bicyclic) bond motifs is 1. The first kappa shape index (κ1) is 31.1. The van der Waals surface area contributed by atoms with Gasteiger partial charge in [0.2, 0.25) is 11.8 Å². The highest BCUT2D eigenvalue weighted by molar-refractivity contribution is 9.09. The number of rotatable bonds is 11. The summed E-state index contributed by atoms with van der Waals surface area (Å²) in [6, 6.07) is 4.04. The molecule has 1 N–H and O–H groups in total. The second kappa shape index (κ2) is 12.2. The van der Waals surface area contributed by atoms with E-state index in [1.165, 1.54) is 0 Å². The zero-order chi connectivity index (χ0) is 29.5. The summed E-state index contributed by atoms with van der Waals surface area (Å²) in [7, 11) is 1.72. The number of nitrogens with zero attached hydrogens (tertiary/aromatic N) is 3. The van der Waals surface area contributed by atoms with Crippen LogP contribution in [0.1, 0.15) is 32.3 Å². The topological polar surface area (TPSA) is 81.2 Å². The van der Waals surface area contributed by atoms with Crippen LogP contribution < -0.4 is 4.90 Å². The lowest BCUT2D eigenvalue weighted by Gasteiger charge is -2.40. The van der Waals surface area contributed by atoms with Gasteiger partial charge in [0, 0.05) is 30.2 Å². The molecule has 1 spiro atoms. The number of carbonyl (C=O) groups excluding carboxylic acids is 3. The summed E-state index contributed by atoms with van der Waals surface area (Å²) in [6.07, 6.45) is 4.40. The Hall–Kier alpha value is -1.81. The van der Waals surface area contributed by atoms with Gasteiger partial charge in [-0.05, 0) is 37.3 Å². The molecule has 0 saturated carbocycles. The van der Waals surface area contributed by atoms with Gasteiger partial charge in [-0.15, -0.1) is 24.9 Å². The van der Waals surface area contributed by atoms with Gasteiger partial charge in [0.05, 0.1) is 39.9 Å². The minimum Gasteiger partial charge on any atom is -0.394 e. The monoisotopic (exact) mass is 651 g/mol. The molecule has 1 aromatic rings. The van der Waals surface area contributed by atoms with Gasteiger partial charge in [0.1, 0.15) is 6.04 Å². The summed E-state index contributed by atoms with van der Waals surface area (Å²) in [5.74, 6) is -1.71. The number of aliphatic hydroxyl groups is 1. The minimum atomic E-state index is -0.880. The number of benzene rings is 1. The molecule has 3 aliphatic heterocycles. The van der Waals surface area contributed by atoms with E-state index in [0.717, 1.165) is 5.56 Å². The van der Waals surface area contributed by atoms with Crippen molar-refractivity contribution >= 4 is 62.7 Å². The van der Waals surface area contributed by atoms with Crippen LogP contribution in [0, 0.1) is 24.7 Å². The number of para-hydroxylation sites is 1. The molecule has 0 aromatic heterocycles. The van der Waals surface area contributed by atoms with Crippen molar-refractivity contribution in [3.63, 3.8) is 0 Å². The van der Waals surface area contributed by atoms with Crippen LogP contribution in [0.2, 0.25) is 5.02 Å². The van der Waals surface area contributed by atoms with E-state index in [1.807, 2.05) is 32.9 Å². The molecule has 7 atom stereocenters. The van der Waals surface area contributed by atoms with Gasteiger partial charge in [-0.3, -0.25) is 14.4 Å². The van der Waals surface area contributed by atoms with Crippen LogP contribution in [0.15, 0.2) is 43.5 Å². The number of amides is 3. The third kappa shape index (κ3) is 5.05. The van der Waals surface area contributed by atoms with Crippen molar-refractivity contribution < 1.29 is 19.5 Å². The van der Waals surface area contributed by atoms with E-state index in [2.05, 4.69) is 29.1 Å². The molecule has 3 aliphatic rings. The molecule has 10 heteroatoms. The molecule has 3 fully saturated rings. The molecule has 1 aromatic carbocycles. The molecule has 218 valence electrons. The van der Waals surface area contributed by atoms with Crippen molar-refractivity contribution in [3.05, 3.63) is 54.1 Å². The lowest BCUT2D eigenvalue weighted by molar-refractivity contribution is -0.145. The number of carbonyl (C=O) groups is 3. The summed E-state index contributed by atoms with van der Waals surface area (Å²) in [6.45, 7) is 13.9. The maximum Gasteiger partial charge on any atom is 0.251 e. The summed E-state index contributed by atoms with van der Waals surface area (Å²) in [4.78, 5) is 48.0. The Labute approximate surface area is 255 Å². The van der Waals surface area contributed by atoms with Crippen LogP contribution in [0.4, 0.5) is 5.69 Å². The van der Waals surface area contributed by atoms with E-state index in [-0.39, 0.29) is 46.9 Å². The van der Waals surface area contributed by atoms with Crippen LogP contribution in [0.5, 0.6) is 0 Å². The SMILES string of the molecule is C=CCN(C)C(=O)[C@H]1[C@@H]2SC3(CC2Br)C(C(=O)N(CC=C)c2c(C)cccc2Cl)N([C@@H](CO)CC(C)C)C(=O)[C@H]13. The fraction of sp³-hybridized carbons (Fsp3) is 0.567. The smallest absolute Gasteiger partial charge is 0.251 e.